The van der Waals surface area contributed by atoms with Crippen molar-refractivity contribution in [3.05, 3.63) is 81.5 Å². The monoisotopic (exact) mass is 474 g/mol. The minimum Gasteiger partial charge on any atom is -0.478 e. The van der Waals surface area contributed by atoms with Gasteiger partial charge in [-0.2, -0.15) is 13.2 Å². The predicted octanol–water partition coefficient (Wildman–Crippen LogP) is 5.47. The Kier molecular flexibility index (Phi) is 7.44. The minimum atomic E-state index is -4.86. The van der Waals surface area contributed by atoms with Crippen LogP contribution in [0.4, 0.5) is 13.2 Å². The van der Waals surface area contributed by atoms with E-state index >= 15 is 0 Å². The zero-order valence-corrected chi connectivity index (χ0v) is 18.9. The minimum absolute atomic E-state index is 0.00858. The van der Waals surface area contributed by atoms with Gasteiger partial charge in [-0.3, -0.25) is 9.36 Å². The lowest BCUT2D eigenvalue weighted by Crippen LogP contribution is -2.31. The first-order chi connectivity index (χ1) is 16.1. The number of alkyl halides is 3. The zero-order valence-electron chi connectivity index (χ0n) is 18.9. The van der Waals surface area contributed by atoms with Crippen molar-refractivity contribution in [2.75, 3.05) is 0 Å². The van der Waals surface area contributed by atoms with E-state index in [1.807, 2.05) is 6.92 Å². The van der Waals surface area contributed by atoms with Crippen molar-refractivity contribution in [1.82, 2.24) is 9.13 Å². The van der Waals surface area contributed by atoms with Crippen molar-refractivity contribution in [2.24, 2.45) is 0 Å². The largest absolute Gasteiger partial charge is 0.478 e. The second-order valence-electron chi connectivity index (χ2n) is 7.90. The third-order valence-corrected chi connectivity index (χ3v) is 5.60. The molecule has 3 rings (SSSR count). The Balaban J connectivity index is 2.07. The Labute approximate surface area is 194 Å². The number of aromatic nitrogens is 2. The SMILES string of the molecule is CCCCc1c(C(F)(F)F)n(C(=O)CC)c(=O)n1Cc1ccc(-c2ccccc2C(=O)O)cc1. The molecule has 0 saturated carbocycles. The van der Waals surface area contributed by atoms with E-state index in [4.69, 9.17) is 0 Å². The number of hydrogen-bond donors (Lipinski definition) is 1. The number of hydrogen-bond acceptors (Lipinski definition) is 3. The third kappa shape index (κ3) is 4.98. The quantitative estimate of drug-likeness (QED) is 0.469. The maximum atomic E-state index is 13.9. The average Bonchev–Trinajstić information content (AvgIpc) is 3.09. The number of benzene rings is 2. The Hall–Kier alpha value is -3.62. The molecule has 0 saturated heterocycles. The second kappa shape index (κ2) is 10.1. The molecule has 0 aliphatic carbocycles. The molecule has 1 aromatic heterocycles. The van der Waals surface area contributed by atoms with E-state index in [0.717, 1.165) is 4.57 Å². The molecular weight excluding hydrogens is 449 g/mol. The van der Waals surface area contributed by atoms with Crippen LogP contribution in [0.15, 0.2) is 53.3 Å². The number of halogens is 3. The molecule has 0 fully saturated rings. The summed E-state index contributed by atoms with van der Waals surface area (Å²) < 4.78 is 43.1. The molecule has 1 N–H and O–H groups in total. The fourth-order valence-electron chi connectivity index (χ4n) is 3.92. The third-order valence-electron chi connectivity index (χ3n) is 5.60. The van der Waals surface area contributed by atoms with Gasteiger partial charge in [-0.25, -0.2) is 14.2 Å². The summed E-state index contributed by atoms with van der Waals surface area (Å²) in [6.07, 6.45) is -4.04. The highest BCUT2D eigenvalue weighted by molar-refractivity contribution is 5.96. The van der Waals surface area contributed by atoms with E-state index in [2.05, 4.69) is 0 Å². The van der Waals surface area contributed by atoms with Crippen molar-refractivity contribution >= 4 is 11.9 Å². The molecule has 0 atom stereocenters. The molecule has 0 aliphatic heterocycles. The van der Waals surface area contributed by atoms with Crippen molar-refractivity contribution in [2.45, 2.75) is 52.3 Å². The number of unbranched alkanes of at least 4 members (excludes halogenated alkanes) is 1. The molecule has 0 bridgehead atoms. The van der Waals surface area contributed by atoms with Gasteiger partial charge in [0.15, 0.2) is 5.69 Å². The number of carboxylic acid groups (broad SMARTS) is 1. The molecule has 9 heteroatoms. The van der Waals surface area contributed by atoms with Crippen molar-refractivity contribution in [3.8, 4) is 11.1 Å². The number of nitrogens with zero attached hydrogens (tertiary/aromatic N) is 2. The average molecular weight is 474 g/mol. The van der Waals surface area contributed by atoms with Crippen molar-refractivity contribution in [1.29, 1.82) is 0 Å². The second-order valence-corrected chi connectivity index (χ2v) is 7.90. The van der Waals surface area contributed by atoms with Gasteiger partial charge in [0, 0.05) is 6.42 Å². The van der Waals surface area contributed by atoms with Gasteiger partial charge in [-0.05, 0) is 35.6 Å². The summed E-state index contributed by atoms with van der Waals surface area (Å²) in [5, 5.41) is 9.41. The Morgan fingerprint density at radius 3 is 2.21 bits per heavy atom. The van der Waals surface area contributed by atoms with E-state index < -0.39 is 29.4 Å². The molecule has 1 heterocycles. The van der Waals surface area contributed by atoms with Crippen LogP contribution in [-0.4, -0.2) is 26.1 Å². The van der Waals surface area contributed by atoms with Crippen LogP contribution in [-0.2, 0) is 19.1 Å². The van der Waals surface area contributed by atoms with Crippen molar-refractivity contribution < 1.29 is 27.9 Å². The summed E-state index contributed by atoms with van der Waals surface area (Å²) in [7, 11) is 0. The van der Waals surface area contributed by atoms with E-state index in [-0.39, 0.29) is 35.2 Å². The lowest BCUT2D eigenvalue weighted by Gasteiger charge is -2.13. The molecule has 180 valence electrons. The summed E-state index contributed by atoms with van der Waals surface area (Å²) in [6, 6.07) is 13.1. The Morgan fingerprint density at radius 1 is 1.00 bits per heavy atom. The molecule has 34 heavy (non-hydrogen) atoms. The van der Waals surface area contributed by atoms with E-state index in [1.165, 1.54) is 13.0 Å². The Bertz CT molecular complexity index is 1250. The molecule has 2 aromatic carbocycles. The first kappa shape index (κ1) is 25.0. The molecule has 0 spiro atoms. The first-order valence-corrected chi connectivity index (χ1v) is 11.0. The van der Waals surface area contributed by atoms with Gasteiger partial charge >= 0.3 is 17.8 Å². The van der Waals surface area contributed by atoms with Crippen LogP contribution in [0.25, 0.3) is 11.1 Å². The van der Waals surface area contributed by atoms with Gasteiger partial charge in [0.25, 0.3) is 0 Å². The number of aromatic carboxylic acids is 1. The van der Waals surface area contributed by atoms with E-state index in [0.29, 0.717) is 29.5 Å². The van der Waals surface area contributed by atoms with Gasteiger partial charge in [-0.1, -0.05) is 62.7 Å². The number of rotatable bonds is 8. The number of carbonyl (C=O) groups excluding carboxylic acids is 1. The lowest BCUT2D eigenvalue weighted by molar-refractivity contribution is -0.143. The zero-order chi connectivity index (χ0) is 25.0. The summed E-state index contributed by atoms with van der Waals surface area (Å²) in [5.74, 6) is -1.98. The molecule has 0 unspecified atom stereocenters. The van der Waals surface area contributed by atoms with Gasteiger partial charge in [0.2, 0.25) is 5.91 Å². The first-order valence-electron chi connectivity index (χ1n) is 11.0. The number of imidazole rings is 1. The standard InChI is InChI=1S/C25H25F3N2O4/c1-3-5-10-20-22(25(26,27)28)30(21(31)4-2)24(34)29(20)15-16-11-13-17(14-12-16)18-8-6-7-9-19(18)23(32)33/h6-9,11-14H,3-5,10,15H2,1-2H3,(H,32,33). The smallest absolute Gasteiger partial charge is 0.433 e. The van der Waals surface area contributed by atoms with Crippen LogP contribution in [0.1, 0.15) is 65.2 Å². The van der Waals surface area contributed by atoms with Crippen LogP contribution in [0.2, 0.25) is 0 Å². The van der Waals surface area contributed by atoms with Crippen LogP contribution >= 0.6 is 0 Å². The lowest BCUT2D eigenvalue weighted by atomic mass is 9.98. The van der Waals surface area contributed by atoms with Gasteiger partial charge < -0.3 is 5.11 Å². The summed E-state index contributed by atoms with van der Waals surface area (Å²) in [4.78, 5) is 36.8. The topological polar surface area (TPSA) is 81.3 Å². The fraction of sp³-hybridized carbons (Fsp3) is 0.320. The normalized spacial score (nSPS) is 11.6. The highest BCUT2D eigenvalue weighted by Gasteiger charge is 2.41. The predicted molar refractivity (Wildman–Crippen MR) is 121 cm³/mol. The van der Waals surface area contributed by atoms with Gasteiger partial charge in [0.05, 0.1) is 17.8 Å². The van der Waals surface area contributed by atoms with Crippen molar-refractivity contribution in [3.63, 3.8) is 0 Å². The molecule has 0 radical (unpaired) electrons. The number of carbonyl (C=O) groups is 2. The summed E-state index contributed by atoms with van der Waals surface area (Å²) in [5.41, 5.74) is -0.627. The highest BCUT2D eigenvalue weighted by Crippen LogP contribution is 2.33. The summed E-state index contributed by atoms with van der Waals surface area (Å²) in [6.45, 7) is 3.09. The maximum Gasteiger partial charge on any atom is 0.433 e. The van der Waals surface area contributed by atoms with Gasteiger partial charge in [-0.15, -0.1) is 0 Å². The maximum absolute atomic E-state index is 13.9. The molecule has 0 aliphatic rings. The number of carboxylic acids is 1. The van der Waals surface area contributed by atoms with Crippen LogP contribution in [0.5, 0.6) is 0 Å². The molecular formula is C25H25F3N2O4. The molecule has 3 aromatic rings. The van der Waals surface area contributed by atoms with Crippen LogP contribution in [0, 0.1) is 0 Å². The molecule has 0 amide bonds. The van der Waals surface area contributed by atoms with E-state index in [1.54, 1.807) is 42.5 Å². The fourth-order valence-corrected chi connectivity index (χ4v) is 3.92. The van der Waals surface area contributed by atoms with Gasteiger partial charge in [0.1, 0.15) is 0 Å². The Morgan fingerprint density at radius 2 is 1.65 bits per heavy atom. The highest BCUT2D eigenvalue weighted by atomic mass is 19.4. The van der Waals surface area contributed by atoms with Crippen LogP contribution < -0.4 is 5.69 Å². The van der Waals surface area contributed by atoms with E-state index in [9.17, 15) is 32.7 Å². The summed E-state index contributed by atoms with van der Waals surface area (Å²) >= 11 is 0. The molecule has 6 nitrogen and oxygen atoms in total. The van der Waals surface area contributed by atoms with Crippen LogP contribution in [0.3, 0.4) is 0 Å².